The molecule has 3 N–H and O–H groups in total. The number of hydrogen-bond donors (Lipinski definition) is 2. The summed E-state index contributed by atoms with van der Waals surface area (Å²) in [6, 6.07) is 5.92. The first kappa shape index (κ1) is 15.0. The zero-order valence-electron chi connectivity index (χ0n) is 11.4. The van der Waals surface area contributed by atoms with E-state index >= 15 is 0 Å². The summed E-state index contributed by atoms with van der Waals surface area (Å²) in [5.74, 6) is -0.263. The molecule has 0 radical (unpaired) electrons. The molecule has 1 aromatic carbocycles. The summed E-state index contributed by atoms with van der Waals surface area (Å²) in [7, 11) is -2.14. The van der Waals surface area contributed by atoms with Crippen molar-refractivity contribution < 1.29 is 13.2 Å². The van der Waals surface area contributed by atoms with Gasteiger partial charge in [0, 0.05) is 20.1 Å². The van der Waals surface area contributed by atoms with Crippen molar-refractivity contribution in [3.05, 3.63) is 29.8 Å². The van der Waals surface area contributed by atoms with Gasteiger partial charge in [-0.3, -0.25) is 4.79 Å². The normalized spacial score (nSPS) is 20.0. The molecule has 1 heterocycles. The molecule has 110 valence electrons. The highest BCUT2D eigenvalue weighted by Crippen LogP contribution is 2.26. The molecule has 0 saturated carbocycles. The summed E-state index contributed by atoms with van der Waals surface area (Å²) < 4.78 is 26.6. The predicted octanol–water partition coefficient (Wildman–Crippen LogP) is 0.0444. The number of amides is 1. The van der Waals surface area contributed by atoms with E-state index in [-0.39, 0.29) is 17.3 Å². The van der Waals surface area contributed by atoms with Crippen molar-refractivity contribution in [2.45, 2.75) is 30.3 Å². The van der Waals surface area contributed by atoms with Crippen molar-refractivity contribution in [1.29, 1.82) is 0 Å². The molecule has 1 fully saturated rings. The molecule has 1 aliphatic rings. The minimum absolute atomic E-state index is 0.191. The molecule has 6 nitrogen and oxygen atoms in total. The molecule has 0 bridgehead atoms. The maximum Gasteiger partial charge on any atom is 0.243 e. The second kappa shape index (κ2) is 5.90. The summed E-state index contributed by atoms with van der Waals surface area (Å²) in [4.78, 5) is 12.0. The SMILES string of the molecule is CNC(=O)C1CCCN1S(=O)(=O)c1cccc(CN)c1. The van der Waals surface area contributed by atoms with Crippen LogP contribution in [0.2, 0.25) is 0 Å². The van der Waals surface area contributed by atoms with E-state index in [9.17, 15) is 13.2 Å². The second-order valence-corrected chi connectivity index (χ2v) is 6.63. The van der Waals surface area contributed by atoms with Gasteiger partial charge in [-0.15, -0.1) is 0 Å². The van der Waals surface area contributed by atoms with Crippen LogP contribution in [0.5, 0.6) is 0 Å². The summed E-state index contributed by atoms with van der Waals surface area (Å²) >= 11 is 0. The lowest BCUT2D eigenvalue weighted by molar-refractivity contribution is -0.123. The summed E-state index contributed by atoms with van der Waals surface area (Å²) in [6.45, 7) is 0.648. The first-order valence-corrected chi connectivity index (χ1v) is 7.97. The molecular formula is C13H19N3O3S. The average Bonchev–Trinajstić information content (AvgIpc) is 2.96. The van der Waals surface area contributed by atoms with Gasteiger partial charge in [0.1, 0.15) is 6.04 Å². The lowest BCUT2D eigenvalue weighted by Gasteiger charge is -2.23. The number of nitrogens with two attached hydrogens (primary N) is 1. The molecule has 1 saturated heterocycles. The van der Waals surface area contributed by atoms with E-state index in [0.29, 0.717) is 19.4 Å². The number of sulfonamides is 1. The van der Waals surface area contributed by atoms with Gasteiger partial charge in [-0.05, 0) is 30.5 Å². The topological polar surface area (TPSA) is 92.5 Å². The van der Waals surface area contributed by atoms with Crippen molar-refractivity contribution in [2.75, 3.05) is 13.6 Å². The third-order valence-corrected chi connectivity index (χ3v) is 5.40. The Balaban J connectivity index is 2.36. The number of carbonyl (C=O) groups is 1. The third-order valence-electron chi connectivity index (χ3n) is 3.49. The fourth-order valence-electron chi connectivity index (χ4n) is 2.42. The smallest absolute Gasteiger partial charge is 0.243 e. The van der Waals surface area contributed by atoms with Crippen LogP contribution in [-0.2, 0) is 21.4 Å². The lowest BCUT2D eigenvalue weighted by atomic mass is 10.2. The third kappa shape index (κ3) is 2.70. The standard InChI is InChI=1S/C13H19N3O3S/c1-15-13(17)12-6-3-7-16(12)20(18,19)11-5-2-4-10(8-11)9-14/h2,4-5,8,12H,3,6-7,9,14H2,1H3,(H,15,17). The van der Waals surface area contributed by atoms with Crippen LogP contribution in [0.1, 0.15) is 18.4 Å². The molecule has 1 aromatic rings. The number of nitrogens with zero attached hydrogens (tertiary/aromatic N) is 1. The van der Waals surface area contributed by atoms with Gasteiger partial charge >= 0.3 is 0 Å². The molecule has 1 amide bonds. The molecule has 0 aromatic heterocycles. The number of carbonyl (C=O) groups excluding carboxylic acids is 1. The van der Waals surface area contributed by atoms with Crippen LogP contribution in [-0.4, -0.2) is 38.3 Å². The number of hydrogen-bond acceptors (Lipinski definition) is 4. The van der Waals surface area contributed by atoms with Crippen LogP contribution in [0.4, 0.5) is 0 Å². The number of benzene rings is 1. The summed E-state index contributed by atoms with van der Waals surface area (Å²) in [6.07, 6.45) is 1.24. The maximum atomic E-state index is 12.6. The zero-order chi connectivity index (χ0) is 14.8. The van der Waals surface area contributed by atoms with Gasteiger partial charge in [0.25, 0.3) is 0 Å². The highest BCUT2D eigenvalue weighted by Gasteiger charge is 2.38. The molecule has 0 spiro atoms. The minimum Gasteiger partial charge on any atom is -0.358 e. The van der Waals surface area contributed by atoms with Gasteiger partial charge in [-0.2, -0.15) is 4.31 Å². The van der Waals surface area contributed by atoms with Crippen molar-refractivity contribution >= 4 is 15.9 Å². The van der Waals surface area contributed by atoms with E-state index in [1.807, 2.05) is 0 Å². The monoisotopic (exact) mass is 297 g/mol. The highest BCUT2D eigenvalue weighted by atomic mass is 32.2. The Hall–Kier alpha value is -1.44. The Morgan fingerprint density at radius 1 is 1.50 bits per heavy atom. The van der Waals surface area contributed by atoms with Crippen LogP contribution >= 0.6 is 0 Å². The van der Waals surface area contributed by atoms with Gasteiger partial charge in [0.05, 0.1) is 4.90 Å². The first-order valence-electron chi connectivity index (χ1n) is 6.53. The molecule has 7 heteroatoms. The fraction of sp³-hybridized carbons (Fsp3) is 0.462. The van der Waals surface area contributed by atoms with Crippen molar-refractivity contribution in [3.8, 4) is 0 Å². The second-order valence-electron chi connectivity index (χ2n) is 4.74. The Bertz CT molecular complexity index is 601. The predicted molar refractivity (Wildman–Crippen MR) is 75.3 cm³/mol. The first-order chi connectivity index (χ1) is 9.50. The zero-order valence-corrected chi connectivity index (χ0v) is 12.2. The van der Waals surface area contributed by atoms with E-state index in [1.54, 1.807) is 18.2 Å². The van der Waals surface area contributed by atoms with E-state index < -0.39 is 16.1 Å². The molecule has 1 aliphatic heterocycles. The molecule has 2 rings (SSSR count). The average molecular weight is 297 g/mol. The highest BCUT2D eigenvalue weighted by molar-refractivity contribution is 7.89. The Kier molecular flexibility index (Phi) is 4.42. The number of likely N-dealkylation sites (N-methyl/N-ethyl adjacent to an activating group) is 1. The molecule has 1 unspecified atom stereocenters. The number of rotatable bonds is 4. The van der Waals surface area contributed by atoms with Crippen LogP contribution < -0.4 is 11.1 Å². The van der Waals surface area contributed by atoms with Gasteiger partial charge in [-0.1, -0.05) is 12.1 Å². The lowest BCUT2D eigenvalue weighted by Crippen LogP contribution is -2.44. The largest absolute Gasteiger partial charge is 0.358 e. The minimum atomic E-state index is -3.66. The van der Waals surface area contributed by atoms with Gasteiger partial charge in [-0.25, -0.2) is 8.42 Å². The number of nitrogens with one attached hydrogen (secondary N) is 1. The van der Waals surface area contributed by atoms with Gasteiger partial charge in [0.2, 0.25) is 15.9 Å². The molecular weight excluding hydrogens is 278 g/mol. The van der Waals surface area contributed by atoms with Gasteiger partial charge < -0.3 is 11.1 Å². The maximum absolute atomic E-state index is 12.6. The quantitative estimate of drug-likeness (QED) is 0.821. The molecule has 1 atom stereocenters. The Morgan fingerprint density at radius 3 is 2.90 bits per heavy atom. The van der Waals surface area contributed by atoms with Crippen LogP contribution in [0.3, 0.4) is 0 Å². The van der Waals surface area contributed by atoms with Crippen LogP contribution in [0.25, 0.3) is 0 Å². The fourth-order valence-corrected chi connectivity index (χ4v) is 4.15. The Morgan fingerprint density at radius 2 is 2.25 bits per heavy atom. The van der Waals surface area contributed by atoms with Gasteiger partial charge in [0.15, 0.2) is 0 Å². The molecule has 0 aliphatic carbocycles. The van der Waals surface area contributed by atoms with E-state index in [4.69, 9.17) is 5.73 Å². The summed E-state index contributed by atoms with van der Waals surface area (Å²) in [5, 5.41) is 2.52. The van der Waals surface area contributed by atoms with Crippen molar-refractivity contribution in [2.24, 2.45) is 5.73 Å². The van der Waals surface area contributed by atoms with Crippen molar-refractivity contribution in [1.82, 2.24) is 9.62 Å². The van der Waals surface area contributed by atoms with E-state index in [0.717, 1.165) is 5.56 Å². The molecule has 20 heavy (non-hydrogen) atoms. The summed E-state index contributed by atoms with van der Waals surface area (Å²) in [5.41, 5.74) is 6.29. The van der Waals surface area contributed by atoms with E-state index in [1.165, 1.54) is 17.4 Å². The van der Waals surface area contributed by atoms with E-state index in [2.05, 4.69) is 5.32 Å². The Labute approximate surface area is 119 Å². The van der Waals surface area contributed by atoms with Crippen LogP contribution in [0, 0.1) is 0 Å². The van der Waals surface area contributed by atoms with Crippen LogP contribution in [0.15, 0.2) is 29.2 Å². The van der Waals surface area contributed by atoms with Crippen molar-refractivity contribution in [3.63, 3.8) is 0 Å².